The predicted octanol–water partition coefficient (Wildman–Crippen LogP) is 1.36. The number of imidazole rings is 1. The third kappa shape index (κ3) is 2.63. The fraction of sp³-hybridized carbons (Fsp3) is 0.222. The van der Waals surface area contributed by atoms with Crippen molar-refractivity contribution < 1.29 is 0 Å². The number of hydrogen-bond donors (Lipinski definition) is 3. The molecule has 0 amide bonds. The molecule has 2 heterocycles. The molecule has 0 radical (unpaired) electrons. The highest BCUT2D eigenvalue weighted by molar-refractivity contribution is 7.99. The van der Waals surface area contributed by atoms with Crippen molar-refractivity contribution in [2.75, 3.05) is 17.6 Å². The summed E-state index contributed by atoms with van der Waals surface area (Å²) in [5, 5.41) is 4.63. The molecule has 84 valence electrons. The molecule has 0 aliphatic rings. The van der Waals surface area contributed by atoms with E-state index in [0.717, 1.165) is 22.5 Å². The summed E-state index contributed by atoms with van der Waals surface area (Å²) in [5.41, 5.74) is 5.61. The number of nitrogens with zero attached hydrogens (tertiary/aromatic N) is 3. The van der Waals surface area contributed by atoms with Crippen LogP contribution in [0.2, 0.25) is 0 Å². The van der Waals surface area contributed by atoms with E-state index in [1.165, 1.54) is 11.8 Å². The van der Waals surface area contributed by atoms with Crippen LogP contribution in [0.25, 0.3) is 0 Å². The van der Waals surface area contributed by atoms with E-state index in [1.54, 1.807) is 12.4 Å². The maximum atomic E-state index is 5.61. The van der Waals surface area contributed by atoms with E-state index in [9.17, 15) is 0 Å². The first-order valence-electron chi connectivity index (χ1n) is 4.83. The SMILES string of the molecule is CCNc1cc(Sc2ncc[nH]2)nc(N)n1. The van der Waals surface area contributed by atoms with Gasteiger partial charge in [0.25, 0.3) is 0 Å². The van der Waals surface area contributed by atoms with Gasteiger partial charge in [-0.05, 0) is 18.7 Å². The van der Waals surface area contributed by atoms with E-state index in [0.29, 0.717) is 0 Å². The molecule has 0 atom stereocenters. The highest BCUT2D eigenvalue weighted by atomic mass is 32.2. The van der Waals surface area contributed by atoms with Crippen molar-refractivity contribution in [1.82, 2.24) is 19.9 Å². The molecule has 2 rings (SSSR count). The first-order chi connectivity index (χ1) is 7.78. The number of nitrogens with one attached hydrogen (secondary N) is 2. The van der Waals surface area contributed by atoms with E-state index in [-0.39, 0.29) is 5.95 Å². The Kier molecular flexibility index (Phi) is 3.25. The molecule has 2 aromatic heterocycles. The van der Waals surface area contributed by atoms with Gasteiger partial charge in [-0.25, -0.2) is 9.97 Å². The minimum Gasteiger partial charge on any atom is -0.370 e. The van der Waals surface area contributed by atoms with Crippen molar-refractivity contribution >= 4 is 23.5 Å². The number of nitrogen functional groups attached to an aromatic ring is 1. The van der Waals surface area contributed by atoms with Gasteiger partial charge in [0, 0.05) is 25.0 Å². The molecule has 0 aliphatic carbocycles. The number of anilines is 2. The summed E-state index contributed by atoms with van der Waals surface area (Å²) in [4.78, 5) is 15.3. The van der Waals surface area contributed by atoms with Crippen LogP contribution in [0.5, 0.6) is 0 Å². The fourth-order valence-corrected chi connectivity index (χ4v) is 1.92. The minimum atomic E-state index is 0.257. The van der Waals surface area contributed by atoms with Gasteiger partial charge in [-0.2, -0.15) is 4.98 Å². The lowest BCUT2D eigenvalue weighted by molar-refractivity contribution is 1.02. The molecule has 0 aromatic carbocycles. The molecular formula is C9H12N6S. The Bertz CT molecular complexity index is 455. The lowest BCUT2D eigenvalue weighted by atomic mass is 10.5. The Hall–Kier alpha value is -1.76. The largest absolute Gasteiger partial charge is 0.370 e. The Morgan fingerprint density at radius 1 is 1.50 bits per heavy atom. The van der Waals surface area contributed by atoms with Gasteiger partial charge in [0.05, 0.1) is 0 Å². The molecule has 0 unspecified atom stereocenters. The summed E-state index contributed by atoms with van der Waals surface area (Å²) >= 11 is 1.41. The number of aromatic nitrogens is 4. The first-order valence-corrected chi connectivity index (χ1v) is 5.65. The summed E-state index contributed by atoms with van der Waals surface area (Å²) < 4.78 is 0. The zero-order chi connectivity index (χ0) is 11.4. The Balaban J connectivity index is 2.20. The number of hydrogen-bond acceptors (Lipinski definition) is 6. The standard InChI is InChI=1S/C9H12N6S/c1-2-11-6-5-7(15-8(10)14-6)16-9-12-3-4-13-9/h3-5H,2H2,1H3,(H,12,13)(H3,10,11,14,15). The third-order valence-corrected chi connectivity index (χ3v) is 2.59. The van der Waals surface area contributed by atoms with E-state index < -0.39 is 0 Å². The van der Waals surface area contributed by atoms with Gasteiger partial charge < -0.3 is 16.0 Å². The first kappa shape index (κ1) is 10.7. The van der Waals surface area contributed by atoms with Crippen molar-refractivity contribution in [1.29, 1.82) is 0 Å². The minimum absolute atomic E-state index is 0.257. The van der Waals surface area contributed by atoms with Crippen LogP contribution in [-0.2, 0) is 0 Å². The summed E-state index contributed by atoms with van der Waals surface area (Å²) in [7, 11) is 0. The topological polar surface area (TPSA) is 92.5 Å². The highest BCUT2D eigenvalue weighted by Gasteiger charge is 2.05. The van der Waals surface area contributed by atoms with Crippen LogP contribution < -0.4 is 11.1 Å². The normalized spacial score (nSPS) is 10.3. The van der Waals surface area contributed by atoms with Gasteiger partial charge >= 0.3 is 0 Å². The number of nitrogens with two attached hydrogens (primary N) is 1. The number of aromatic amines is 1. The smallest absolute Gasteiger partial charge is 0.223 e. The Morgan fingerprint density at radius 3 is 3.06 bits per heavy atom. The van der Waals surface area contributed by atoms with Crippen LogP contribution >= 0.6 is 11.8 Å². The second-order valence-electron chi connectivity index (χ2n) is 2.98. The molecule has 0 spiro atoms. The fourth-order valence-electron chi connectivity index (χ4n) is 1.17. The van der Waals surface area contributed by atoms with Gasteiger partial charge in [-0.1, -0.05) is 0 Å². The average molecular weight is 236 g/mol. The zero-order valence-electron chi connectivity index (χ0n) is 8.77. The summed E-state index contributed by atoms with van der Waals surface area (Å²) in [6.45, 7) is 2.79. The van der Waals surface area contributed by atoms with E-state index >= 15 is 0 Å². The molecule has 2 aromatic rings. The van der Waals surface area contributed by atoms with Gasteiger partial charge in [0.1, 0.15) is 10.8 Å². The van der Waals surface area contributed by atoms with E-state index in [1.807, 2.05) is 13.0 Å². The summed E-state index contributed by atoms with van der Waals surface area (Å²) in [5.74, 6) is 0.983. The molecule has 16 heavy (non-hydrogen) atoms. The summed E-state index contributed by atoms with van der Waals surface area (Å²) in [6.07, 6.45) is 3.45. The lowest BCUT2D eigenvalue weighted by Crippen LogP contribution is -2.03. The van der Waals surface area contributed by atoms with Gasteiger partial charge in [-0.3, -0.25) is 0 Å². The Morgan fingerprint density at radius 2 is 2.38 bits per heavy atom. The van der Waals surface area contributed by atoms with Crippen molar-refractivity contribution in [3.05, 3.63) is 18.5 Å². The molecule has 4 N–H and O–H groups in total. The van der Waals surface area contributed by atoms with Crippen molar-refractivity contribution in [2.24, 2.45) is 0 Å². The monoisotopic (exact) mass is 236 g/mol. The van der Waals surface area contributed by atoms with E-state index in [4.69, 9.17) is 5.73 Å². The maximum absolute atomic E-state index is 5.61. The molecule has 0 bridgehead atoms. The van der Waals surface area contributed by atoms with Crippen LogP contribution in [0.1, 0.15) is 6.92 Å². The molecular weight excluding hydrogens is 224 g/mol. The molecule has 6 nitrogen and oxygen atoms in total. The second kappa shape index (κ2) is 4.84. The van der Waals surface area contributed by atoms with Gasteiger partial charge in [0.2, 0.25) is 5.95 Å². The van der Waals surface area contributed by atoms with E-state index in [2.05, 4.69) is 25.3 Å². The van der Waals surface area contributed by atoms with Crippen LogP contribution in [0, 0.1) is 0 Å². The average Bonchev–Trinajstić information content (AvgIpc) is 2.70. The summed E-state index contributed by atoms with van der Waals surface area (Å²) in [6, 6.07) is 1.84. The quantitative estimate of drug-likeness (QED) is 0.694. The molecule has 0 saturated heterocycles. The van der Waals surface area contributed by atoms with Gasteiger partial charge in [0.15, 0.2) is 5.16 Å². The zero-order valence-corrected chi connectivity index (χ0v) is 9.58. The van der Waals surface area contributed by atoms with Crippen molar-refractivity contribution in [2.45, 2.75) is 17.1 Å². The number of H-pyrrole nitrogens is 1. The Labute approximate surface area is 97.1 Å². The molecule has 0 fully saturated rings. The van der Waals surface area contributed by atoms with Crippen LogP contribution in [0.4, 0.5) is 11.8 Å². The second-order valence-corrected chi connectivity index (χ2v) is 3.99. The highest BCUT2D eigenvalue weighted by Crippen LogP contribution is 2.24. The van der Waals surface area contributed by atoms with Gasteiger partial charge in [-0.15, -0.1) is 0 Å². The molecule has 0 aliphatic heterocycles. The van der Waals surface area contributed by atoms with Crippen LogP contribution in [0.3, 0.4) is 0 Å². The number of rotatable bonds is 4. The molecule has 0 saturated carbocycles. The van der Waals surface area contributed by atoms with Crippen LogP contribution in [-0.4, -0.2) is 26.5 Å². The predicted molar refractivity (Wildman–Crippen MR) is 63.3 cm³/mol. The molecule has 7 heteroatoms. The lowest BCUT2D eigenvalue weighted by Gasteiger charge is -2.04. The third-order valence-electron chi connectivity index (χ3n) is 1.75. The van der Waals surface area contributed by atoms with Crippen molar-refractivity contribution in [3.63, 3.8) is 0 Å². The maximum Gasteiger partial charge on any atom is 0.223 e. The van der Waals surface area contributed by atoms with Crippen LogP contribution in [0.15, 0.2) is 28.6 Å². The van der Waals surface area contributed by atoms with Crippen molar-refractivity contribution in [3.8, 4) is 0 Å².